The lowest BCUT2D eigenvalue weighted by Crippen LogP contribution is -2.70. The molecule has 0 aliphatic carbocycles. The highest BCUT2D eigenvalue weighted by Crippen LogP contribution is 2.37. The van der Waals surface area contributed by atoms with Gasteiger partial charge in [0.2, 0.25) is 0 Å². The topological polar surface area (TPSA) is 136 Å². The van der Waals surface area contributed by atoms with Crippen LogP contribution in [0.5, 0.6) is 0 Å². The van der Waals surface area contributed by atoms with Crippen molar-refractivity contribution in [1.29, 1.82) is 0 Å². The van der Waals surface area contributed by atoms with E-state index in [1.165, 1.54) is 23.8 Å². The molecule has 2 aromatic rings. The van der Waals surface area contributed by atoms with Gasteiger partial charge >= 0.3 is 5.97 Å². The molecule has 2 atom stereocenters. The number of hydrogen-bond acceptors (Lipinski definition) is 10. The lowest BCUT2D eigenvalue weighted by molar-refractivity contribution is -0.152. The number of anilines is 1. The Morgan fingerprint density at radius 1 is 1.34 bits per heavy atom. The number of nitrogens with zero attached hydrogens (tertiary/aromatic N) is 3. The van der Waals surface area contributed by atoms with Crippen LogP contribution < -0.4 is 11.1 Å². The van der Waals surface area contributed by atoms with E-state index >= 15 is 0 Å². The maximum absolute atomic E-state index is 12.9. The molecule has 182 valence electrons. The molecule has 3 N–H and O–H groups in total. The van der Waals surface area contributed by atoms with Gasteiger partial charge in [0, 0.05) is 11.1 Å². The molecule has 1 aromatic carbocycles. The number of esters is 1. The van der Waals surface area contributed by atoms with Gasteiger partial charge in [0.25, 0.3) is 11.8 Å². The van der Waals surface area contributed by atoms with Gasteiger partial charge in [-0.25, -0.2) is 9.78 Å². The fourth-order valence-electron chi connectivity index (χ4n) is 3.56. The van der Waals surface area contributed by atoms with Crippen molar-refractivity contribution in [3.8, 4) is 0 Å². The third-order valence-corrected chi connectivity index (χ3v) is 7.01. The number of nitrogen functional groups attached to an aromatic ring is 1. The molecule has 35 heavy (non-hydrogen) atoms. The molecule has 2 amide bonds. The first kappa shape index (κ1) is 24.5. The maximum Gasteiger partial charge on any atom is 0.355 e. The molecule has 1 saturated heterocycles. The molecule has 1 aromatic heterocycles. The van der Waals surface area contributed by atoms with Crippen LogP contribution in [0.2, 0.25) is 0 Å². The second-order valence-corrected chi connectivity index (χ2v) is 9.68. The second kappa shape index (κ2) is 10.7. The first-order valence-electron chi connectivity index (χ1n) is 10.6. The van der Waals surface area contributed by atoms with Gasteiger partial charge in [-0.15, -0.1) is 23.1 Å². The van der Waals surface area contributed by atoms with Crippen LogP contribution in [-0.4, -0.2) is 64.3 Å². The first-order valence-corrected chi connectivity index (χ1v) is 12.5. The molecule has 1 fully saturated rings. The highest BCUT2D eigenvalue weighted by Gasteiger charge is 2.53. The summed E-state index contributed by atoms with van der Waals surface area (Å²) in [7, 11) is 1.30. The zero-order valence-electron chi connectivity index (χ0n) is 19.0. The summed E-state index contributed by atoms with van der Waals surface area (Å²) in [6, 6.07) is 8.86. The van der Waals surface area contributed by atoms with Gasteiger partial charge < -0.3 is 20.6 Å². The van der Waals surface area contributed by atoms with E-state index in [0.717, 1.165) is 22.5 Å². The smallest absolute Gasteiger partial charge is 0.355 e. The van der Waals surface area contributed by atoms with Gasteiger partial charge in [0.1, 0.15) is 36.5 Å². The molecule has 1 unspecified atom stereocenters. The SMILES string of the molecule is CON=C(C(=O)NC1C(=O)N2C(C(=O)OCC(C)=Cc3ccccc3)=CCS[C@@H]12)c1csc(N)n1. The van der Waals surface area contributed by atoms with Gasteiger partial charge in [-0.05, 0) is 24.1 Å². The minimum Gasteiger partial charge on any atom is -0.457 e. The number of nitrogens with two attached hydrogens (primary N) is 1. The van der Waals surface area contributed by atoms with Crippen LogP contribution >= 0.6 is 23.1 Å². The summed E-state index contributed by atoms with van der Waals surface area (Å²) in [6.45, 7) is 1.96. The van der Waals surface area contributed by atoms with E-state index in [-0.39, 0.29) is 28.8 Å². The number of carbonyl (C=O) groups excluding carboxylic acids is 3. The normalized spacial score (nSPS) is 19.9. The molecule has 12 heteroatoms. The van der Waals surface area contributed by atoms with Crippen LogP contribution in [0.4, 0.5) is 5.13 Å². The number of amides is 2. The van der Waals surface area contributed by atoms with E-state index in [9.17, 15) is 14.4 Å². The average Bonchev–Trinajstić information content (AvgIpc) is 3.29. The Balaban J connectivity index is 1.38. The number of aromatic nitrogens is 1. The van der Waals surface area contributed by atoms with Crippen LogP contribution in [0.15, 0.2) is 58.2 Å². The Morgan fingerprint density at radius 3 is 2.80 bits per heavy atom. The van der Waals surface area contributed by atoms with E-state index in [1.807, 2.05) is 43.3 Å². The Labute approximate surface area is 209 Å². The third kappa shape index (κ3) is 5.38. The predicted molar refractivity (Wildman–Crippen MR) is 134 cm³/mol. The Hall–Kier alpha value is -3.64. The standard InChI is InChI=1S/C23H23N5O5S2/c1-13(10-14-6-4-3-5-7-14)11-33-22(31)16-8-9-34-21-18(20(30)28(16)21)26-19(29)17(27-32-2)15-12-35-23(24)25-15/h3-8,10,12,18,21H,9,11H2,1-2H3,(H2,24,25)(H,26,29)/t18?,21-/m0/s1. The number of thiazole rings is 1. The quantitative estimate of drug-likeness (QED) is 0.237. The zero-order valence-corrected chi connectivity index (χ0v) is 20.6. The Kier molecular flexibility index (Phi) is 7.51. The van der Waals surface area contributed by atoms with E-state index in [0.29, 0.717) is 5.75 Å². The van der Waals surface area contributed by atoms with Crippen LogP contribution in [0.3, 0.4) is 0 Å². The molecule has 2 aliphatic heterocycles. The summed E-state index contributed by atoms with van der Waals surface area (Å²) >= 11 is 2.58. The fourth-order valence-corrected chi connectivity index (χ4v) is 5.30. The number of thioether (sulfide) groups is 1. The Morgan fingerprint density at radius 2 is 2.11 bits per heavy atom. The van der Waals surface area contributed by atoms with E-state index < -0.39 is 29.2 Å². The molecule has 4 rings (SSSR count). The molecule has 3 heterocycles. The van der Waals surface area contributed by atoms with Gasteiger partial charge in [-0.2, -0.15) is 0 Å². The van der Waals surface area contributed by atoms with Crippen molar-refractivity contribution in [2.45, 2.75) is 18.3 Å². The van der Waals surface area contributed by atoms with Crippen LogP contribution in [-0.2, 0) is 24.0 Å². The molecule has 0 bridgehead atoms. The molecule has 2 aliphatic rings. The number of carbonyl (C=O) groups is 3. The van der Waals surface area contributed by atoms with Crippen LogP contribution in [0.1, 0.15) is 18.2 Å². The lowest BCUT2D eigenvalue weighted by Gasteiger charge is -2.48. The van der Waals surface area contributed by atoms with Crippen molar-refractivity contribution >= 4 is 57.8 Å². The minimum absolute atomic E-state index is 0.0941. The van der Waals surface area contributed by atoms with Gasteiger partial charge in [0.15, 0.2) is 10.8 Å². The van der Waals surface area contributed by atoms with Crippen molar-refractivity contribution in [2.24, 2.45) is 5.16 Å². The predicted octanol–water partition coefficient (Wildman–Crippen LogP) is 2.01. The second-order valence-electron chi connectivity index (χ2n) is 7.64. The van der Waals surface area contributed by atoms with Gasteiger partial charge in [-0.3, -0.25) is 14.5 Å². The van der Waals surface area contributed by atoms with Crippen molar-refractivity contribution in [3.05, 3.63) is 64.3 Å². The minimum atomic E-state index is -0.832. The van der Waals surface area contributed by atoms with E-state index in [1.54, 1.807) is 11.5 Å². The van der Waals surface area contributed by atoms with Crippen LogP contribution in [0, 0.1) is 0 Å². The highest BCUT2D eigenvalue weighted by atomic mass is 32.2. The summed E-state index contributed by atoms with van der Waals surface area (Å²) < 4.78 is 5.44. The fraction of sp³-hybridized carbons (Fsp3) is 0.261. The molecular weight excluding hydrogens is 490 g/mol. The molecule has 0 saturated carbocycles. The summed E-state index contributed by atoms with van der Waals surface area (Å²) in [5.74, 6) is -1.14. The molecule has 10 nitrogen and oxygen atoms in total. The molecular formula is C23H23N5O5S2. The first-order chi connectivity index (χ1) is 16.9. The highest BCUT2D eigenvalue weighted by molar-refractivity contribution is 8.00. The van der Waals surface area contributed by atoms with Crippen molar-refractivity contribution in [1.82, 2.24) is 15.2 Å². The number of ether oxygens (including phenoxy) is 1. The number of fused-ring (bicyclic) bond motifs is 1. The maximum atomic E-state index is 12.9. The zero-order chi connectivity index (χ0) is 24.9. The van der Waals surface area contributed by atoms with Crippen molar-refractivity contribution < 1.29 is 24.0 Å². The van der Waals surface area contributed by atoms with E-state index in [4.69, 9.17) is 15.3 Å². The summed E-state index contributed by atoms with van der Waals surface area (Å²) in [4.78, 5) is 48.6. The third-order valence-electron chi connectivity index (χ3n) is 5.15. The van der Waals surface area contributed by atoms with Crippen molar-refractivity contribution in [3.63, 3.8) is 0 Å². The number of nitrogens with one attached hydrogen (secondary N) is 1. The van der Waals surface area contributed by atoms with Gasteiger partial charge in [-0.1, -0.05) is 41.6 Å². The average molecular weight is 514 g/mol. The summed E-state index contributed by atoms with van der Waals surface area (Å²) in [6.07, 6.45) is 3.59. The number of oxime groups is 1. The summed E-state index contributed by atoms with van der Waals surface area (Å²) in [5.41, 5.74) is 7.84. The molecule has 0 radical (unpaired) electrons. The lowest BCUT2D eigenvalue weighted by atomic mass is 10.0. The number of β-lactam (4-membered cyclic amide) rings is 1. The number of hydrogen-bond donors (Lipinski definition) is 2. The number of rotatable bonds is 8. The summed E-state index contributed by atoms with van der Waals surface area (Å²) in [5, 5.41) is 7.80. The number of benzene rings is 1. The monoisotopic (exact) mass is 513 g/mol. The van der Waals surface area contributed by atoms with Gasteiger partial charge in [0.05, 0.1) is 0 Å². The van der Waals surface area contributed by atoms with Crippen LogP contribution in [0.25, 0.3) is 6.08 Å². The Bertz CT molecular complexity index is 1220. The van der Waals surface area contributed by atoms with Crippen molar-refractivity contribution in [2.75, 3.05) is 25.2 Å². The largest absolute Gasteiger partial charge is 0.457 e. The van der Waals surface area contributed by atoms with E-state index in [2.05, 4.69) is 15.5 Å². The molecule has 0 spiro atoms.